The Morgan fingerprint density at radius 2 is 0.986 bits per heavy atom. The summed E-state index contributed by atoms with van der Waals surface area (Å²) in [5, 5.41) is 5.63. The molecule has 2 N–H and O–H groups in total. The number of allylic oxidation sites excluding steroid dienone is 6. The summed E-state index contributed by atoms with van der Waals surface area (Å²) in [5.74, 6) is 0.400. The second kappa shape index (κ2) is 26.2. The number of ether oxygens (including phenoxy) is 6. The highest BCUT2D eigenvalue weighted by Gasteiger charge is 2.44. The maximum absolute atomic E-state index is 12.9. The van der Waals surface area contributed by atoms with Crippen molar-refractivity contribution < 1.29 is 57.2 Å². The topological polar surface area (TPSA) is 182 Å². The first-order chi connectivity index (χ1) is 33.5. The first-order valence-corrected chi connectivity index (χ1v) is 27.0. The van der Waals surface area contributed by atoms with Crippen molar-refractivity contribution in [2.45, 2.75) is 195 Å². The average molecular weight is 977 g/mol. The number of unbranched alkanes of at least 4 members (excludes halogenated alkanes) is 3. The van der Waals surface area contributed by atoms with E-state index in [-0.39, 0.29) is 108 Å². The van der Waals surface area contributed by atoms with Crippen LogP contribution >= 0.6 is 0 Å². The van der Waals surface area contributed by atoms with E-state index in [0.29, 0.717) is 50.6 Å². The van der Waals surface area contributed by atoms with Crippen molar-refractivity contribution in [3.8, 4) is 0 Å². The summed E-state index contributed by atoms with van der Waals surface area (Å²) in [6, 6.07) is 0. The Balaban J connectivity index is 0.848. The molecule has 14 heteroatoms. The van der Waals surface area contributed by atoms with Crippen LogP contribution in [-0.2, 0) is 47.6 Å². The third-order valence-corrected chi connectivity index (χ3v) is 16.0. The van der Waals surface area contributed by atoms with Gasteiger partial charge < -0.3 is 39.1 Å². The fraction of sp³-hybridized carbons (Fsp3) is 0.750. The van der Waals surface area contributed by atoms with E-state index in [9.17, 15) is 28.8 Å². The van der Waals surface area contributed by atoms with E-state index >= 15 is 0 Å². The molecule has 14 nitrogen and oxygen atoms in total. The molecule has 0 aromatic carbocycles. The van der Waals surface area contributed by atoms with Gasteiger partial charge >= 0.3 is 36.1 Å². The maximum Gasteiger partial charge on any atom is 0.407 e. The summed E-state index contributed by atoms with van der Waals surface area (Å²) >= 11 is 0. The minimum absolute atomic E-state index is 0.0188. The fourth-order valence-corrected chi connectivity index (χ4v) is 11.7. The predicted octanol–water partition coefficient (Wildman–Crippen LogP) is 10.4. The monoisotopic (exact) mass is 977 g/mol. The van der Waals surface area contributed by atoms with E-state index < -0.39 is 24.4 Å². The van der Waals surface area contributed by atoms with Crippen LogP contribution < -0.4 is 10.6 Å². The summed E-state index contributed by atoms with van der Waals surface area (Å²) < 4.78 is 35.2. The van der Waals surface area contributed by atoms with Gasteiger partial charge in [-0.3, -0.25) is 19.2 Å². The van der Waals surface area contributed by atoms with Gasteiger partial charge in [0.15, 0.2) is 0 Å². The van der Waals surface area contributed by atoms with E-state index in [1.54, 1.807) is 0 Å². The molecule has 6 rings (SSSR count). The summed E-state index contributed by atoms with van der Waals surface area (Å²) in [4.78, 5) is 76.7. The molecule has 390 valence electrons. The third-order valence-electron chi connectivity index (χ3n) is 16.0. The lowest BCUT2D eigenvalue weighted by molar-refractivity contribution is -0.162. The highest BCUT2D eigenvalue weighted by Crippen LogP contribution is 2.47. The molecular formula is C56H84N2O12. The number of carbonyl (C=O) groups is 6. The summed E-state index contributed by atoms with van der Waals surface area (Å²) in [5.41, 5.74) is 2.44. The molecule has 2 amide bonds. The van der Waals surface area contributed by atoms with Crippen molar-refractivity contribution in [2.24, 2.45) is 59.2 Å². The minimum atomic E-state index is -0.572. The molecule has 0 spiro atoms. The van der Waals surface area contributed by atoms with Crippen LogP contribution in [0.3, 0.4) is 0 Å². The quantitative estimate of drug-likeness (QED) is 0.0632. The molecule has 16 atom stereocenters. The molecule has 4 aliphatic carbocycles. The van der Waals surface area contributed by atoms with Crippen LogP contribution in [0.25, 0.3) is 0 Å². The van der Waals surface area contributed by atoms with E-state index in [1.807, 2.05) is 27.7 Å². The number of carbonyl (C=O) groups excluding carboxylic acids is 6. The molecule has 70 heavy (non-hydrogen) atoms. The van der Waals surface area contributed by atoms with E-state index in [0.717, 1.165) is 64.2 Å². The number of hydrogen-bond acceptors (Lipinski definition) is 12. The van der Waals surface area contributed by atoms with Gasteiger partial charge in [0.05, 0.1) is 24.7 Å². The van der Waals surface area contributed by atoms with Crippen LogP contribution in [0.2, 0.25) is 0 Å². The third kappa shape index (κ3) is 15.4. The second-order valence-electron chi connectivity index (χ2n) is 21.7. The van der Waals surface area contributed by atoms with Gasteiger partial charge in [-0.05, 0) is 111 Å². The zero-order valence-corrected chi connectivity index (χ0v) is 43.3. The first kappa shape index (κ1) is 54.7. The molecule has 16 unspecified atom stereocenters. The van der Waals surface area contributed by atoms with E-state index in [4.69, 9.17) is 28.4 Å². The van der Waals surface area contributed by atoms with Crippen LogP contribution in [0.4, 0.5) is 9.59 Å². The fourth-order valence-electron chi connectivity index (χ4n) is 11.7. The van der Waals surface area contributed by atoms with Crippen molar-refractivity contribution in [1.82, 2.24) is 10.6 Å². The van der Waals surface area contributed by atoms with Crippen molar-refractivity contribution in [1.29, 1.82) is 0 Å². The molecular weight excluding hydrogens is 893 g/mol. The Labute approximate surface area is 417 Å². The van der Waals surface area contributed by atoms with Gasteiger partial charge in [-0.2, -0.15) is 0 Å². The number of cyclic esters (lactones) is 2. The number of hydrogen-bond donors (Lipinski definition) is 2. The van der Waals surface area contributed by atoms with Crippen molar-refractivity contribution >= 4 is 36.1 Å². The number of alkyl carbamates (subject to hydrolysis) is 2. The number of fused-ring (bicyclic) bond motifs is 2. The summed E-state index contributed by atoms with van der Waals surface area (Å²) in [6.07, 6.45) is 19.9. The molecule has 0 bridgehead atoms. The highest BCUT2D eigenvalue weighted by molar-refractivity contribution is 5.74. The van der Waals surface area contributed by atoms with Gasteiger partial charge in [-0.25, -0.2) is 9.59 Å². The Morgan fingerprint density at radius 3 is 1.37 bits per heavy atom. The molecule has 0 radical (unpaired) electrons. The SMILES string of the molecule is CCC(C)C(=O)OC1CC(C)C=C2C=CC(C)C(CCC3CC(OC(=O)NCCCCCCNC(=O)OC4CC(=O)OC(CCC5C(C)C=CC6=CC(C)CC(OC(=O)C(C)CC)C65)C4)CC(=O)O3)C21. The van der Waals surface area contributed by atoms with Gasteiger partial charge in [0.25, 0.3) is 0 Å². The lowest BCUT2D eigenvalue weighted by Crippen LogP contribution is -2.42. The molecule has 0 saturated carbocycles. The number of nitrogens with one attached hydrogen (secondary N) is 2. The molecule has 0 aromatic heterocycles. The van der Waals surface area contributed by atoms with Gasteiger partial charge in [0.1, 0.15) is 36.6 Å². The van der Waals surface area contributed by atoms with Crippen molar-refractivity contribution in [3.05, 3.63) is 47.6 Å². The van der Waals surface area contributed by atoms with Crippen LogP contribution in [0.1, 0.15) is 158 Å². The van der Waals surface area contributed by atoms with Gasteiger partial charge in [-0.15, -0.1) is 0 Å². The Bertz CT molecular complexity index is 1810. The molecule has 2 saturated heterocycles. The van der Waals surface area contributed by atoms with Crippen molar-refractivity contribution in [3.63, 3.8) is 0 Å². The number of esters is 4. The maximum atomic E-state index is 12.9. The lowest BCUT2D eigenvalue weighted by Gasteiger charge is -2.43. The average Bonchev–Trinajstić information content (AvgIpc) is 3.30. The zero-order valence-electron chi connectivity index (χ0n) is 43.3. The molecule has 2 aliphatic heterocycles. The zero-order chi connectivity index (χ0) is 50.5. The molecule has 6 aliphatic rings. The Hall–Kier alpha value is -4.62. The molecule has 2 fully saturated rings. The van der Waals surface area contributed by atoms with Crippen LogP contribution in [0.5, 0.6) is 0 Å². The number of rotatable bonds is 21. The van der Waals surface area contributed by atoms with Crippen LogP contribution in [-0.4, -0.2) is 85.8 Å². The van der Waals surface area contributed by atoms with Crippen molar-refractivity contribution in [2.75, 3.05) is 13.1 Å². The largest absolute Gasteiger partial charge is 0.462 e. The van der Waals surface area contributed by atoms with Gasteiger partial charge in [0, 0.05) is 37.8 Å². The van der Waals surface area contributed by atoms with Gasteiger partial charge in [-0.1, -0.05) is 105 Å². The van der Waals surface area contributed by atoms with Crippen LogP contribution in [0.15, 0.2) is 47.6 Å². The second-order valence-corrected chi connectivity index (χ2v) is 21.7. The van der Waals surface area contributed by atoms with Crippen LogP contribution in [0, 0.1) is 59.2 Å². The Kier molecular flexibility index (Phi) is 20.5. The van der Waals surface area contributed by atoms with E-state index in [2.05, 4.69) is 74.8 Å². The predicted molar refractivity (Wildman–Crippen MR) is 265 cm³/mol. The highest BCUT2D eigenvalue weighted by atomic mass is 16.6. The summed E-state index contributed by atoms with van der Waals surface area (Å²) in [7, 11) is 0. The van der Waals surface area contributed by atoms with Gasteiger partial charge in [0.2, 0.25) is 0 Å². The van der Waals surface area contributed by atoms with E-state index in [1.165, 1.54) is 11.1 Å². The molecule has 2 heterocycles. The minimum Gasteiger partial charge on any atom is -0.462 e. The smallest absolute Gasteiger partial charge is 0.407 e. The normalized spacial score (nSPS) is 33.4. The summed E-state index contributed by atoms with van der Waals surface area (Å²) in [6.45, 7) is 17.4. The standard InChI is InChI=1S/C56H84N2O12/c1-9-35(5)53(61)69-47-27-33(3)25-39-17-15-37(7)45(51(39)47)21-19-41-29-43(31-49(59)65-41)67-55(63)57-23-13-11-12-14-24-58-56(64)68-44-30-42(66-50(60)32-44)20-22-46-38(8)16-18-40-26-34(4)28-48(52(40)46)70-54(62)36(6)10-2/h15-18,25-26,33-38,41-48,51-52H,9-14,19-24,27-32H2,1-8H3,(H,57,63)(H,58,64). The number of amides is 2. The molecule has 0 aromatic rings. The first-order valence-electron chi connectivity index (χ1n) is 27.0. The Morgan fingerprint density at radius 1 is 0.586 bits per heavy atom. The lowest BCUT2D eigenvalue weighted by atomic mass is 9.65.